The lowest BCUT2D eigenvalue weighted by atomic mass is 9.90. The Morgan fingerprint density at radius 2 is 2.08 bits per heavy atom. The van der Waals surface area contributed by atoms with Crippen molar-refractivity contribution in [2.75, 3.05) is 18.1 Å². The summed E-state index contributed by atoms with van der Waals surface area (Å²) in [6.45, 7) is 3.19. The molecule has 2 heterocycles. The van der Waals surface area contributed by atoms with Gasteiger partial charge in [0.15, 0.2) is 9.84 Å². The molecular weight excluding hydrogens is 186 g/mol. The van der Waals surface area contributed by atoms with E-state index >= 15 is 0 Å². The topological polar surface area (TPSA) is 46.2 Å². The zero-order valence-corrected chi connectivity index (χ0v) is 8.81. The molecule has 2 fully saturated rings. The molecule has 2 aliphatic rings. The van der Waals surface area contributed by atoms with Crippen molar-refractivity contribution in [1.82, 2.24) is 5.32 Å². The van der Waals surface area contributed by atoms with Gasteiger partial charge in [0.05, 0.1) is 11.5 Å². The first-order valence-electron chi connectivity index (χ1n) is 5.00. The molecule has 13 heavy (non-hydrogen) atoms. The maximum Gasteiger partial charge on any atom is 0.150 e. The van der Waals surface area contributed by atoms with Crippen LogP contribution in [-0.4, -0.2) is 32.5 Å². The number of nitrogens with one attached hydrogen (secondary N) is 1. The van der Waals surface area contributed by atoms with Crippen molar-refractivity contribution in [3.8, 4) is 0 Å². The first kappa shape index (κ1) is 9.46. The fourth-order valence-electron chi connectivity index (χ4n) is 2.53. The summed E-state index contributed by atoms with van der Waals surface area (Å²) in [6.07, 6.45) is 2.04. The molecular formula is C9H17NO2S. The molecule has 3 unspecified atom stereocenters. The van der Waals surface area contributed by atoms with Crippen LogP contribution in [0.15, 0.2) is 0 Å². The molecule has 3 atom stereocenters. The third kappa shape index (κ3) is 2.05. The highest BCUT2D eigenvalue weighted by Crippen LogP contribution is 2.31. The lowest BCUT2D eigenvalue weighted by molar-refractivity contribution is 0.389. The molecule has 3 nitrogen and oxygen atoms in total. The number of hydrogen-bond acceptors (Lipinski definition) is 3. The van der Waals surface area contributed by atoms with E-state index < -0.39 is 9.84 Å². The van der Waals surface area contributed by atoms with Crippen molar-refractivity contribution in [2.24, 2.45) is 11.8 Å². The molecule has 0 spiro atoms. The summed E-state index contributed by atoms with van der Waals surface area (Å²) in [6, 6.07) is 0.577. The minimum atomic E-state index is -2.68. The van der Waals surface area contributed by atoms with Crippen LogP contribution >= 0.6 is 0 Å². The van der Waals surface area contributed by atoms with Crippen LogP contribution in [0, 0.1) is 11.8 Å². The Kier molecular flexibility index (Phi) is 2.36. The molecule has 2 rings (SSSR count). The third-order valence-corrected chi connectivity index (χ3v) is 5.11. The van der Waals surface area contributed by atoms with Crippen LogP contribution in [-0.2, 0) is 9.84 Å². The van der Waals surface area contributed by atoms with Gasteiger partial charge in [-0.05, 0) is 38.1 Å². The average molecular weight is 203 g/mol. The molecule has 2 saturated heterocycles. The quantitative estimate of drug-likeness (QED) is 0.672. The van der Waals surface area contributed by atoms with Crippen LogP contribution in [0.1, 0.15) is 19.8 Å². The molecule has 76 valence electrons. The summed E-state index contributed by atoms with van der Waals surface area (Å²) in [5.41, 5.74) is 0. The highest BCUT2D eigenvalue weighted by molar-refractivity contribution is 7.91. The van der Waals surface area contributed by atoms with Gasteiger partial charge in [-0.25, -0.2) is 8.42 Å². The number of hydrogen-bond donors (Lipinski definition) is 1. The molecule has 0 aromatic rings. The van der Waals surface area contributed by atoms with E-state index in [0.29, 0.717) is 29.4 Å². The van der Waals surface area contributed by atoms with Crippen molar-refractivity contribution in [3.63, 3.8) is 0 Å². The molecule has 0 radical (unpaired) electrons. The lowest BCUT2D eigenvalue weighted by Crippen LogP contribution is -2.19. The summed E-state index contributed by atoms with van der Waals surface area (Å²) in [7, 11) is -2.68. The van der Waals surface area contributed by atoms with Crippen LogP contribution in [0.25, 0.3) is 0 Å². The SMILES string of the molecule is CC1CC(C2CCS(=O)(=O)C2)CN1. The van der Waals surface area contributed by atoms with E-state index in [1.54, 1.807) is 0 Å². The highest BCUT2D eigenvalue weighted by Gasteiger charge is 2.36. The minimum absolute atomic E-state index is 0.419. The lowest BCUT2D eigenvalue weighted by Gasteiger charge is -2.14. The summed E-state index contributed by atoms with van der Waals surface area (Å²) in [5, 5.41) is 3.38. The Balaban J connectivity index is 1.97. The van der Waals surface area contributed by atoms with Gasteiger partial charge in [-0.1, -0.05) is 0 Å². The summed E-state index contributed by atoms with van der Waals surface area (Å²) in [5.74, 6) is 1.89. The fraction of sp³-hybridized carbons (Fsp3) is 1.00. The monoisotopic (exact) mass is 203 g/mol. The highest BCUT2D eigenvalue weighted by atomic mass is 32.2. The Hall–Kier alpha value is -0.0900. The van der Waals surface area contributed by atoms with E-state index in [4.69, 9.17) is 0 Å². The maximum atomic E-state index is 11.3. The predicted molar refractivity (Wildman–Crippen MR) is 52.3 cm³/mol. The van der Waals surface area contributed by atoms with Gasteiger partial charge < -0.3 is 5.32 Å². The van der Waals surface area contributed by atoms with Crippen molar-refractivity contribution in [2.45, 2.75) is 25.8 Å². The van der Waals surface area contributed by atoms with E-state index in [2.05, 4.69) is 12.2 Å². The van der Waals surface area contributed by atoms with Crippen molar-refractivity contribution in [1.29, 1.82) is 0 Å². The van der Waals surface area contributed by atoms with E-state index in [1.807, 2.05) is 0 Å². The van der Waals surface area contributed by atoms with Gasteiger partial charge in [0.25, 0.3) is 0 Å². The van der Waals surface area contributed by atoms with Gasteiger partial charge in [-0.2, -0.15) is 0 Å². The first-order chi connectivity index (χ1) is 6.07. The zero-order valence-electron chi connectivity index (χ0n) is 7.99. The predicted octanol–water partition coefficient (Wildman–Crippen LogP) is 0.419. The molecule has 4 heteroatoms. The van der Waals surface area contributed by atoms with E-state index in [-0.39, 0.29) is 0 Å². The van der Waals surface area contributed by atoms with Crippen LogP contribution in [0.4, 0.5) is 0 Å². The summed E-state index contributed by atoms with van der Waals surface area (Å²) >= 11 is 0. The Bertz CT molecular complexity index is 286. The molecule has 0 aromatic carbocycles. The largest absolute Gasteiger partial charge is 0.314 e. The van der Waals surface area contributed by atoms with Gasteiger partial charge in [-0.15, -0.1) is 0 Å². The number of rotatable bonds is 1. The first-order valence-corrected chi connectivity index (χ1v) is 6.83. The van der Waals surface area contributed by atoms with Gasteiger partial charge >= 0.3 is 0 Å². The molecule has 0 bridgehead atoms. The van der Waals surface area contributed by atoms with E-state index in [1.165, 1.54) is 0 Å². The third-order valence-electron chi connectivity index (χ3n) is 3.32. The second-order valence-electron chi connectivity index (χ2n) is 4.47. The summed E-state index contributed by atoms with van der Waals surface area (Å²) < 4.78 is 22.5. The van der Waals surface area contributed by atoms with Gasteiger partial charge in [0, 0.05) is 6.04 Å². The minimum Gasteiger partial charge on any atom is -0.314 e. The maximum absolute atomic E-state index is 11.3. The van der Waals surface area contributed by atoms with Gasteiger partial charge in [0.1, 0.15) is 0 Å². The van der Waals surface area contributed by atoms with Crippen LogP contribution in [0.3, 0.4) is 0 Å². The Morgan fingerprint density at radius 3 is 2.54 bits per heavy atom. The van der Waals surface area contributed by atoms with Crippen LogP contribution < -0.4 is 5.32 Å². The Morgan fingerprint density at radius 1 is 1.31 bits per heavy atom. The van der Waals surface area contributed by atoms with E-state index in [0.717, 1.165) is 19.4 Å². The second kappa shape index (κ2) is 3.24. The molecule has 0 aliphatic carbocycles. The van der Waals surface area contributed by atoms with Crippen LogP contribution in [0.2, 0.25) is 0 Å². The fourth-order valence-corrected chi connectivity index (χ4v) is 4.45. The van der Waals surface area contributed by atoms with Gasteiger partial charge in [0.2, 0.25) is 0 Å². The smallest absolute Gasteiger partial charge is 0.150 e. The van der Waals surface area contributed by atoms with Crippen molar-refractivity contribution in [3.05, 3.63) is 0 Å². The zero-order chi connectivity index (χ0) is 9.47. The molecule has 2 aliphatic heterocycles. The van der Waals surface area contributed by atoms with Crippen molar-refractivity contribution < 1.29 is 8.42 Å². The molecule has 1 N–H and O–H groups in total. The Labute approximate surface area is 79.8 Å². The summed E-state index contributed by atoms with van der Waals surface area (Å²) in [4.78, 5) is 0. The van der Waals surface area contributed by atoms with Gasteiger partial charge in [-0.3, -0.25) is 0 Å². The average Bonchev–Trinajstić information content (AvgIpc) is 2.56. The second-order valence-corrected chi connectivity index (χ2v) is 6.70. The number of sulfone groups is 1. The molecule has 0 amide bonds. The molecule has 0 saturated carbocycles. The van der Waals surface area contributed by atoms with E-state index in [9.17, 15) is 8.42 Å². The van der Waals surface area contributed by atoms with Crippen molar-refractivity contribution >= 4 is 9.84 Å². The normalized spacial score (nSPS) is 43.9. The van der Waals surface area contributed by atoms with Crippen LogP contribution in [0.5, 0.6) is 0 Å². The molecule has 0 aromatic heterocycles. The standard InChI is InChI=1S/C9H17NO2S/c1-7-4-9(5-10-7)8-2-3-13(11,12)6-8/h7-10H,2-6H2,1H3.